The number of nitrogen functional groups attached to an aromatic ring is 1. The minimum atomic E-state index is 0.866. The van der Waals surface area contributed by atoms with Crippen molar-refractivity contribution in [3.8, 4) is 0 Å². The summed E-state index contributed by atoms with van der Waals surface area (Å²) in [7, 11) is 0. The topological polar surface area (TPSA) is 29.3 Å². The van der Waals surface area contributed by atoms with E-state index in [1.165, 1.54) is 50.8 Å². The van der Waals surface area contributed by atoms with Crippen molar-refractivity contribution in [2.75, 3.05) is 18.8 Å². The summed E-state index contributed by atoms with van der Waals surface area (Å²) in [6, 6.07) is 9.26. The van der Waals surface area contributed by atoms with Crippen LogP contribution in [0.2, 0.25) is 0 Å². The monoisotopic (exact) mass is 230 g/mol. The fraction of sp³-hybridized carbons (Fsp3) is 0.600. The van der Waals surface area contributed by atoms with Gasteiger partial charge in [0.1, 0.15) is 0 Å². The average Bonchev–Trinajstić information content (AvgIpc) is 3.18. The Hall–Kier alpha value is -1.02. The molecular formula is C15H22N2. The highest BCUT2D eigenvalue weighted by Crippen LogP contribution is 2.34. The molecule has 0 aromatic heterocycles. The van der Waals surface area contributed by atoms with Crippen molar-refractivity contribution in [2.45, 2.75) is 38.1 Å². The summed E-state index contributed by atoms with van der Waals surface area (Å²) in [6.07, 6.45) is 6.95. The molecule has 0 aliphatic heterocycles. The van der Waals surface area contributed by atoms with Crippen molar-refractivity contribution in [2.24, 2.45) is 5.92 Å². The van der Waals surface area contributed by atoms with Crippen LogP contribution in [0.3, 0.4) is 0 Å². The van der Waals surface area contributed by atoms with Crippen LogP contribution in [0.5, 0.6) is 0 Å². The molecule has 0 bridgehead atoms. The van der Waals surface area contributed by atoms with Gasteiger partial charge in [0.2, 0.25) is 0 Å². The third kappa shape index (κ3) is 3.22. The van der Waals surface area contributed by atoms with E-state index in [0.717, 1.165) is 17.6 Å². The zero-order valence-electron chi connectivity index (χ0n) is 10.4. The van der Waals surface area contributed by atoms with Crippen LogP contribution in [0.1, 0.15) is 31.2 Å². The van der Waals surface area contributed by atoms with E-state index >= 15 is 0 Å². The molecule has 2 fully saturated rings. The van der Waals surface area contributed by atoms with Gasteiger partial charge in [0.15, 0.2) is 0 Å². The molecule has 2 saturated carbocycles. The molecule has 1 aromatic carbocycles. The lowest BCUT2D eigenvalue weighted by atomic mass is 10.1. The summed E-state index contributed by atoms with van der Waals surface area (Å²) in [5.41, 5.74) is 7.99. The molecule has 3 rings (SSSR count). The van der Waals surface area contributed by atoms with E-state index in [1.807, 2.05) is 12.1 Å². The largest absolute Gasteiger partial charge is 0.399 e. The minimum Gasteiger partial charge on any atom is -0.399 e. The fourth-order valence-electron chi connectivity index (χ4n) is 2.45. The molecular weight excluding hydrogens is 208 g/mol. The maximum Gasteiger partial charge on any atom is 0.0314 e. The number of hydrogen-bond acceptors (Lipinski definition) is 2. The summed E-state index contributed by atoms with van der Waals surface area (Å²) in [5.74, 6) is 1.02. The molecule has 2 nitrogen and oxygen atoms in total. The van der Waals surface area contributed by atoms with Crippen molar-refractivity contribution >= 4 is 5.69 Å². The quantitative estimate of drug-likeness (QED) is 0.761. The molecule has 2 aliphatic carbocycles. The third-order valence-corrected chi connectivity index (χ3v) is 3.92. The smallest absolute Gasteiger partial charge is 0.0314 e. The molecule has 1 aromatic rings. The number of hydrogen-bond donors (Lipinski definition) is 1. The summed E-state index contributed by atoms with van der Waals surface area (Å²) < 4.78 is 0. The van der Waals surface area contributed by atoms with Gasteiger partial charge in [-0.25, -0.2) is 0 Å². The zero-order chi connectivity index (χ0) is 11.7. The SMILES string of the molecule is Nc1ccc(CCN(CC2CC2)C2CC2)cc1. The van der Waals surface area contributed by atoms with Crippen LogP contribution >= 0.6 is 0 Å². The van der Waals surface area contributed by atoms with Crippen LogP contribution in [-0.4, -0.2) is 24.0 Å². The molecule has 0 saturated heterocycles. The Balaban J connectivity index is 1.51. The zero-order valence-corrected chi connectivity index (χ0v) is 10.4. The van der Waals surface area contributed by atoms with Crippen molar-refractivity contribution in [3.63, 3.8) is 0 Å². The second-order valence-electron chi connectivity index (χ2n) is 5.66. The van der Waals surface area contributed by atoms with E-state index in [9.17, 15) is 0 Å². The Kier molecular flexibility index (Phi) is 3.06. The van der Waals surface area contributed by atoms with Gasteiger partial charge in [-0.15, -0.1) is 0 Å². The minimum absolute atomic E-state index is 0.866. The second-order valence-corrected chi connectivity index (χ2v) is 5.66. The van der Waals surface area contributed by atoms with Gasteiger partial charge < -0.3 is 5.73 Å². The average molecular weight is 230 g/mol. The Morgan fingerprint density at radius 1 is 1.06 bits per heavy atom. The number of nitrogens with two attached hydrogens (primary N) is 1. The van der Waals surface area contributed by atoms with Crippen molar-refractivity contribution in [3.05, 3.63) is 29.8 Å². The molecule has 0 spiro atoms. The van der Waals surface area contributed by atoms with Gasteiger partial charge >= 0.3 is 0 Å². The van der Waals surface area contributed by atoms with Crippen LogP contribution in [0, 0.1) is 5.92 Å². The fourth-order valence-corrected chi connectivity index (χ4v) is 2.45. The molecule has 92 valence electrons. The van der Waals surface area contributed by atoms with Crippen LogP contribution < -0.4 is 5.73 Å². The standard InChI is InChI=1S/C15H22N2/c16-14-5-3-12(4-6-14)9-10-17(15-7-8-15)11-13-1-2-13/h3-6,13,15H,1-2,7-11,16H2. The first-order chi connectivity index (χ1) is 8.31. The first-order valence-corrected chi connectivity index (χ1v) is 6.90. The summed E-state index contributed by atoms with van der Waals surface area (Å²) in [6.45, 7) is 2.57. The molecule has 0 amide bonds. The highest BCUT2D eigenvalue weighted by Gasteiger charge is 2.33. The molecule has 0 atom stereocenters. The van der Waals surface area contributed by atoms with E-state index in [0.29, 0.717) is 0 Å². The third-order valence-electron chi connectivity index (χ3n) is 3.92. The van der Waals surface area contributed by atoms with E-state index in [-0.39, 0.29) is 0 Å². The Bertz CT molecular complexity index is 363. The number of rotatable bonds is 6. The lowest BCUT2D eigenvalue weighted by Crippen LogP contribution is -2.30. The summed E-state index contributed by atoms with van der Waals surface area (Å²) >= 11 is 0. The number of benzene rings is 1. The molecule has 0 heterocycles. The van der Waals surface area contributed by atoms with Crippen LogP contribution in [0.15, 0.2) is 24.3 Å². The van der Waals surface area contributed by atoms with E-state index in [2.05, 4.69) is 17.0 Å². The lowest BCUT2D eigenvalue weighted by Gasteiger charge is -2.21. The van der Waals surface area contributed by atoms with Gasteiger partial charge in [-0.05, 0) is 55.7 Å². The Labute approximate surface area is 104 Å². The lowest BCUT2D eigenvalue weighted by molar-refractivity contribution is 0.256. The van der Waals surface area contributed by atoms with Crippen molar-refractivity contribution in [1.82, 2.24) is 4.90 Å². The van der Waals surface area contributed by atoms with Gasteiger partial charge in [-0.2, -0.15) is 0 Å². The highest BCUT2D eigenvalue weighted by atomic mass is 15.2. The van der Waals surface area contributed by atoms with Crippen molar-refractivity contribution in [1.29, 1.82) is 0 Å². The molecule has 17 heavy (non-hydrogen) atoms. The second kappa shape index (κ2) is 4.69. The van der Waals surface area contributed by atoms with E-state index in [4.69, 9.17) is 5.73 Å². The van der Waals surface area contributed by atoms with Crippen LogP contribution in [-0.2, 0) is 6.42 Å². The molecule has 0 unspecified atom stereocenters. The van der Waals surface area contributed by atoms with E-state index < -0.39 is 0 Å². The van der Waals surface area contributed by atoms with E-state index in [1.54, 1.807) is 0 Å². The molecule has 2 N–H and O–H groups in total. The molecule has 2 heteroatoms. The predicted octanol–water partition coefficient (Wildman–Crippen LogP) is 2.69. The van der Waals surface area contributed by atoms with Gasteiger partial charge in [0.25, 0.3) is 0 Å². The maximum absolute atomic E-state index is 5.70. The van der Waals surface area contributed by atoms with Crippen LogP contribution in [0.4, 0.5) is 5.69 Å². The van der Waals surface area contributed by atoms with Crippen LogP contribution in [0.25, 0.3) is 0 Å². The molecule has 0 radical (unpaired) electrons. The van der Waals surface area contributed by atoms with Gasteiger partial charge in [-0.3, -0.25) is 4.90 Å². The first kappa shape index (κ1) is 11.1. The Morgan fingerprint density at radius 3 is 2.35 bits per heavy atom. The summed E-state index contributed by atoms with van der Waals surface area (Å²) in [5, 5.41) is 0. The summed E-state index contributed by atoms with van der Waals surface area (Å²) in [4.78, 5) is 2.72. The van der Waals surface area contributed by atoms with Crippen molar-refractivity contribution < 1.29 is 0 Å². The molecule has 2 aliphatic rings. The Morgan fingerprint density at radius 2 is 1.76 bits per heavy atom. The number of anilines is 1. The first-order valence-electron chi connectivity index (χ1n) is 6.90. The maximum atomic E-state index is 5.70. The van der Waals surface area contributed by atoms with Gasteiger partial charge in [0.05, 0.1) is 0 Å². The normalized spacial score (nSPS) is 19.8. The predicted molar refractivity (Wildman–Crippen MR) is 71.9 cm³/mol. The van der Waals surface area contributed by atoms with Gasteiger partial charge in [0, 0.05) is 24.8 Å². The van der Waals surface area contributed by atoms with Gasteiger partial charge in [-0.1, -0.05) is 12.1 Å². The highest BCUT2D eigenvalue weighted by molar-refractivity contribution is 5.39. The number of nitrogens with zero attached hydrogens (tertiary/aromatic N) is 1.